The Bertz CT molecular complexity index is 413. The molecular weight excluding hydrogens is 260 g/mol. The minimum absolute atomic E-state index is 0.0798. The number of amides is 1. The summed E-state index contributed by atoms with van der Waals surface area (Å²) >= 11 is 1.73. The third-order valence-electron chi connectivity index (χ3n) is 3.26. The molecule has 1 aliphatic rings. The Morgan fingerprint density at radius 1 is 1.53 bits per heavy atom. The molecule has 1 aromatic heterocycles. The molecule has 0 unspecified atom stereocenters. The molecule has 0 aliphatic carbocycles. The first-order valence-corrected chi connectivity index (χ1v) is 7.67. The zero-order valence-corrected chi connectivity index (χ0v) is 12.4. The molecule has 0 radical (unpaired) electrons. The minimum atomic E-state index is 0.0798. The predicted molar refractivity (Wildman–Crippen MR) is 78.4 cm³/mol. The van der Waals surface area contributed by atoms with Crippen molar-refractivity contribution in [3.8, 4) is 0 Å². The molecule has 0 saturated carbocycles. The van der Waals surface area contributed by atoms with Crippen LogP contribution in [0.1, 0.15) is 31.6 Å². The van der Waals surface area contributed by atoms with E-state index in [1.54, 1.807) is 18.3 Å². The summed E-state index contributed by atoms with van der Waals surface area (Å²) in [5.74, 6) is 0.0798. The van der Waals surface area contributed by atoms with Crippen LogP contribution in [0.3, 0.4) is 0 Å². The van der Waals surface area contributed by atoms with Gasteiger partial charge in [0, 0.05) is 50.2 Å². The standard InChI is InChI=1S/C13H22N4OS/c1-3-14-13-15-8-12(19-13)9-17-6-4-11(5-7-17)16-10(2)18/h8,11H,3-7,9H2,1-2H3,(H,14,15)(H,16,18). The van der Waals surface area contributed by atoms with Crippen LogP contribution in [0.2, 0.25) is 0 Å². The van der Waals surface area contributed by atoms with E-state index in [9.17, 15) is 4.79 Å². The molecule has 0 spiro atoms. The SMILES string of the molecule is CCNc1ncc(CN2CCC(NC(C)=O)CC2)s1. The topological polar surface area (TPSA) is 57.3 Å². The van der Waals surface area contributed by atoms with Gasteiger partial charge in [-0.1, -0.05) is 0 Å². The largest absolute Gasteiger partial charge is 0.362 e. The normalized spacial score (nSPS) is 17.4. The Hall–Kier alpha value is -1.14. The molecule has 2 rings (SSSR count). The first kappa shape index (κ1) is 14.3. The van der Waals surface area contributed by atoms with Gasteiger partial charge in [-0.2, -0.15) is 0 Å². The van der Waals surface area contributed by atoms with Crippen LogP contribution in [0.5, 0.6) is 0 Å². The molecule has 1 aliphatic heterocycles. The average molecular weight is 282 g/mol. The smallest absolute Gasteiger partial charge is 0.217 e. The molecule has 0 atom stereocenters. The molecule has 1 saturated heterocycles. The van der Waals surface area contributed by atoms with Crippen LogP contribution in [-0.2, 0) is 11.3 Å². The van der Waals surface area contributed by atoms with Crippen molar-refractivity contribution in [2.45, 2.75) is 39.3 Å². The Labute approximate surface area is 118 Å². The van der Waals surface area contributed by atoms with Crippen molar-refractivity contribution in [3.05, 3.63) is 11.1 Å². The zero-order valence-electron chi connectivity index (χ0n) is 11.6. The number of aromatic nitrogens is 1. The van der Waals surface area contributed by atoms with Crippen molar-refractivity contribution in [2.24, 2.45) is 0 Å². The van der Waals surface area contributed by atoms with E-state index in [4.69, 9.17) is 0 Å². The van der Waals surface area contributed by atoms with Crippen molar-refractivity contribution in [1.82, 2.24) is 15.2 Å². The van der Waals surface area contributed by atoms with Gasteiger partial charge < -0.3 is 10.6 Å². The highest BCUT2D eigenvalue weighted by Gasteiger charge is 2.20. The van der Waals surface area contributed by atoms with E-state index in [1.165, 1.54) is 4.88 Å². The van der Waals surface area contributed by atoms with Crippen LogP contribution >= 0.6 is 11.3 Å². The van der Waals surface area contributed by atoms with E-state index in [1.807, 2.05) is 6.20 Å². The number of carbonyl (C=O) groups is 1. The lowest BCUT2D eigenvalue weighted by molar-refractivity contribution is -0.119. The monoisotopic (exact) mass is 282 g/mol. The molecule has 6 heteroatoms. The van der Waals surface area contributed by atoms with Gasteiger partial charge in [0.1, 0.15) is 0 Å². The van der Waals surface area contributed by atoms with Gasteiger partial charge in [0.15, 0.2) is 5.13 Å². The van der Waals surface area contributed by atoms with Gasteiger partial charge >= 0.3 is 0 Å². The Kier molecular flexibility index (Phi) is 5.15. The lowest BCUT2D eigenvalue weighted by Crippen LogP contribution is -2.43. The Morgan fingerprint density at radius 2 is 2.26 bits per heavy atom. The van der Waals surface area contributed by atoms with E-state index < -0.39 is 0 Å². The number of piperidine rings is 1. The van der Waals surface area contributed by atoms with Crippen LogP contribution < -0.4 is 10.6 Å². The van der Waals surface area contributed by atoms with Crippen molar-refractivity contribution < 1.29 is 4.79 Å². The second-order valence-electron chi connectivity index (χ2n) is 4.91. The molecule has 106 valence electrons. The average Bonchev–Trinajstić information content (AvgIpc) is 2.79. The maximum absolute atomic E-state index is 11.0. The molecule has 19 heavy (non-hydrogen) atoms. The van der Waals surface area contributed by atoms with Crippen LogP contribution in [0.15, 0.2) is 6.20 Å². The number of anilines is 1. The molecule has 0 aromatic carbocycles. The number of rotatable bonds is 5. The summed E-state index contributed by atoms with van der Waals surface area (Å²) in [6.45, 7) is 7.63. The summed E-state index contributed by atoms with van der Waals surface area (Å²) in [6, 6.07) is 0.354. The lowest BCUT2D eigenvalue weighted by Gasteiger charge is -2.31. The first-order valence-electron chi connectivity index (χ1n) is 6.85. The summed E-state index contributed by atoms with van der Waals surface area (Å²) in [6.07, 6.45) is 4.04. The number of hydrogen-bond donors (Lipinski definition) is 2. The molecule has 1 aromatic rings. The fourth-order valence-electron chi connectivity index (χ4n) is 2.36. The molecule has 5 nitrogen and oxygen atoms in total. The van der Waals surface area contributed by atoms with E-state index in [2.05, 4.69) is 27.4 Å². The fourth-order valence-corrected chi connectivity index (χ4v) is 3.28. The van der Waals surface area contributed by atoms with E-state index in [0.717, 1.165) is 44.2 Å². The Morgan fingerprint density at radius 3 is 2.89 bits per heavy atom. The van der Waals surface area contributed by atoms with Crippen molar-refractivity contribution >= 4 is 22.4 Å². The minimum Gasteiger partial charge on any atom is -0.362 e. The highest BCUT2D eigenvalue weighted by atomic mass is 32.1. The van der Waals surface area contributed by atoms with Gasteiger partial charge in [0.05, 0.1) is 0 Å². The van der Waals surface area contributed by atoms with Gasteiger partial charge in [-0.05, 0) is 19.8 Å². The van der Waals surface area contributed by atoms with Crippen LogP contribution in [-0.4, -0.2) is 41.5 Å². The molecule has 2 N–H and O–H groups in total. The number of thiazole rings is 1. The summed E-state index contributed by atoms with van der Waals surface area (Å²) < 4.78 is 0. The van der Waals surface area contributed by atoms with Crippen molar-refractivity contribution in [2.75, 3.05) is 25.0 Å². The van der Waals surface area contributed by atoms with Gasteiger partial charge in [0.25, 0.3) is 0 Å². The third-order valence-corrected chi connectivity index (χ3v) is 4.20. The van der Waals surface area contributed by atoms with Crippen LogP contribution in [0.4, 0.5) is 5.13 Å². The second kappa shape index (κ2) is 6.86. The van der Waals surface area contributed by atoms with Gasteiger partial charge in [-0.3, -0.25) is 9.69 Å². The molecule has 2 heterocycles. The van der Waals surface area contributed by atoms with E-state index in [0.29, 0.717) is 6.04 Å². The van der Waals surface area contributed by atoms with Crippen LogP contribution in [0, 0.1) is 0 Å². The fraction of sp³-hybridized carbons (Fsp3) is 0.692. The first-order chi connectivity index (χ1) is 9.17. The molecular formula is C13H22N4OS. The maximum Gasteiger partial charge on any atom is 0.217 e. The number of nitrogens with one attached hydrogen (secondary N) is 2. The van der Waals surface area contributed by atoms with E-state index >= 15 is 0 Å². The zero-order chi connectivity index (χ0) is 13.7. The molecule has 1 fully saturated rings. The van der Waals surface area contributed by atoms with Gasteiger partial charge in [0.2, 0.25) is 5.91 Å². The second-order valence-corrected chi connectivity index (χ2v) is 6.03. The molecule has 0 bridgehead atoms. The van der Waals surface area contributed by atoms with Gasteiger partial charge in [-0.25, -0.2) is 4.98 Å². The quantitative estimate of drug-likeness (QED) is 0.862. The summed E-state index contributed by atoms with van der Waals surface area (Å²) in [7, 11) is 0. The predicted octanol–water partition coefficient (Wildman–Crippen LogP) is 1.68. The van der Waals surface area contributed by atoms with Crippen molar-refractivity contribution in [1.29, 1.82) is 0 Å². The summed E-state index contributed by atoms with van der Waals surface area (Å²) in [4.78, 5) is 19.1. The number of likely N-dealkylation sites (tertiary alicyclic amines) is 1. The number of carbonyl (C=O) groups excluding carboxylic acids is 1. The van der Waals surface area contributed by atoms with Crippen molar-refractivity contribution in [3.63, 3.8) is 0 Å². The number of nitrogens with zero attached hydrogens (tertiary/aromatic N) is 2. The highest BCUT2D eigenvalue weighted by molar-refractivity contribution is 7.15. The highest BCUT2D eigenvalue weighted by Crippen LogP contribution is 2.21. The number of hydrogen-bond acceptors (Lipinski definition) is 5. The Balaban J connectivity index is 1.76. The van der Waals surface area contributed by atoms with Crippen LogP contribution in [0.25, 0.3) is 0 Å². The summed E-state index contributed by atoms with van der Waals surface area (Å²) in [5, 5.41) is 7.24. The van der Waals surface area contributed by atoms with E-state index in [-0.39, 0.29) is 5.91 Å². The summed E-state index contributed by atoms with van der Waals surface area (Å²) in [5.41, 5.74) is 0. The molecule has 1 amide bonds. The maximum atomic E-state index is 11.0. The third kappa shape index (κ3) is 4.47. The van der Waals surface area contributed by atoms with Gasteiger partial charge in [-0.15, -0.1) is 11.3 Å². The lowest BCUT2D eigenvalue weighted by atomic mass is 10.1.